The van der Waals surface area contributed by atoms with Gasteiger partial charge in [0.05, 0.1) is 17.2 Å². The number of halogens is 3. The van der Waals surface area contributed by atoms with Crippen molar-refractivity contribution in [3.63, 3.8) is 0 Å². The van der Waals surface area contributed by atoms with Crippen molar-refractivity contribution < 1.29 is 17.9 Å². The molecule has 2 rings (SSSR count). The Morgan fingerprint density at radius 1 is 1.11 bits per heavy atom. The van der Waals surface area contributed by atoms with E-state index in [1.54, 1.807) is 0 Å². The quantitative estimate of drug-likeness (QED) is 0.829. The predicted octanol–water partition coefficient (Wildman–Crippen LogP) is 3.76. The summed E-state index contributed by atoms with van der Waals surface area (Å²) in [6.45, 7) is 0. The molecule has 19 heavy (non-hydrogen) atoms. The van der Waals surface area contributed by atoms with E-state index >= 15 is 0 Å². The Bertz CT molecular complexity index is 615. The van der Waals surface area contributed by atoms with Crippen LogP contribution in [0.1, 0.15) is 11.1 Å². The fourth-order valence-electron chi connectivity index (χ4n) is 1.37. The van der Waals surface area contributed by atoms with Crippen molar-refractivity contribution in [1.82, 2.24) is 4.98 Å². The Labute approximate surface area is 106 Å². The average Bonchev–Trinajstić information content (AvgIpc) is 2.38. The van der Waals surface area contributed by atoms with Gasteiger partial charge >= 0.3 is 6.18 Å². The van der Waals surface area contributed by atoms with Crippen LogP contribution >= 0.6 is 0 Å². The molecule has 0 saturated carbocycles. The third kappa shape index (κ3) is 3.22. The number of alkyl halides is 3. The Morgan fingerprint density at radius 2 is 1.79 bits per heavy atom. The number of pyridine rings is 1. The van der Waals surface area contributed by atoms with E-state index < -0.39 is 11.7 Å². The fourth-order valence-corrected chi connectivity index (χ4v) is 1.37. The summed E-state index contributed by atoms with van der Waals surface area (Å²) in [5.41, 5.74) is -0.393. The van der Waals surface area contributed by atoms with Crippen molar-refractivity contribution in [1.29, 1.82) is 5.26 Å². The molecule has 0 aliphatic rings. The second kappa shape index (κ2) is 4.98. The molecule has 0 aliphatic carbocycles. The Balaban J connectivity index is 2.18. The number of hydrogen-bond donors (Lipinski definition) is 0. The van der Waals surface area contributed by atoms with Crippen molar-refractivity contribution in [2.45, 2.75) is 6.18 Å². The Morgan fingerprint density at radius 3 is 2.37 bits per heavy atom. The van der Waals surface area contributed by atoms with Crippen LogP contribution < -0.4 is 4.74 Å². The van der Waals surface area contributed by atoms with Crippen molar-refractivity contribution in [3.05, 3.63) is 53.7 Å². The molecular weight excluding hydrogens is 257 g/mol. The van der Waals surface area contributed by atoms with Crippen molar-refractivity contribution >= 4 is 0 Å². The highest BCUT2D eigenvalue weighted by atomic mass is 19.4. The Kier molecular flexibility index (Phi) is 3.38. The molecule has 1 aromatic carbocycles. The fraction of sp³-hybridized carbons (Fsp3) is 0.0769. The summed E-state index contributed by atoms with van der Waals surface area (Å²) in [5, 5.41) is 8.70. The first-order chi connectivity index (χ1) is 8.99. The standard InChI is InChI=1S/C13H7F3N2O/c14-13(15,16)10-1-3-11(4-2-10)19-12-7-9(8-17)5-6-18-12/h1-7H. The van der Waals surface area contributed by atoms with E-state index in [1.165, 1.54) is 30.5 Å². The molecule has 0 spiro atoms. The van der Waals surface area contributed by atoms with Crippen LogP contribution in [0.3, 0.4) is 0 Å². The van der Waals surface area contributed by atoms with Gasteiger partial charge in [0.1, 0.15) is 5.75 Å². The van der Waals surface area contributed by atoms with Gasteiger partial charge in [-0.15, -0.1) is 0 Å². The molecule has 1 aromatic heterocycles. The summed E-state index contributed by atoms with van der Waals surface area (Å²) in [5.74, 6) is 0.370. The van der Waals surface area contributed by atoms with Gasteiger partial charge in [-0.2, -0.15) is 18.4 Å². The first-order valence-electron chi connectivity index (χ1n) is 5.20. The van der Waals surface area contributed by atoms with E-state index in [0.717, 1.165) is 12.1 Å². The molecule has 6 heteroatoms. The topological polar surface area (TPSA) is 45.9 Å². The maximum Gasteiger partial charge on any atom is 0.416 e. The lowest BCUT2D eigenvalue weighted by atomic mass is 10.2. The van der Waals surface area contributed by atoms with Gasteiger partial charge in [0.25, 0.3) is 0 Å². The molecule has 0 amide bonds. The summed E-state index contributed by atoms with van der Waals surface area (Å²) < 4.78 is 42.3. The molecule has 0 unspecified atom stereocenters. The summed E-state index contributed by atoms with van der Waals surface area (Å²) >= 11 is 0. The van der Waals surface area contributed by atoms with Gasteiger partial charge in [0.15, 0.2) is 0 Å². The van der Waals surface area contributed by atoms with Gasteiger partial charge in [-0.05, 0) is 30.3 Å². The van der Waals surface area contributed by atoms with Crippen molar-refractivity contribution in [3.8, 4) is 17.7 Å². The number of nitrogens with zero attached hydrogens (tertiary/aromatic N) is 2. The van der Waals surface area contributed by atoms with Crippen LogP contribution in [-0.2, 0) is 6.18 Å². The first kappa shape index (κ1) is 12.9. The highest BCUT2D eigenvalue weighted by Crippen LogP contribution is 2.31. The predicted molar refractivity (Wildman–Crippen MR) is 60.5 cm³/mol. The van der Waals surface area contributed by atoms with Gasteiger partial charge < -0.3 is 4.74 Å². The molecule has 0 fully saturated rings. The molecule has 3 nitrogen and oxygen atoms in total. The largest absolute Gasteiger partial charge is 0.439 e. The number of ether oxygens (including phenoxy) is 1. The molecule has 0 saturated heterocycles. The van der Waals surface area contributed by atoms with Crippen LogP contribution in [0.2, 0.25) is 0 Å². The van der Waals surface area contributed by atoms with Crippen LogP contribution in [0.15, 0.2) is 42.6 Å². The van der Waals surface area contributed by atoms with E-state index in [9.17, 15) is 13.2 Å². The van der Waals surface area contributed by atoms with E-state index in [4.69, 9.17) is 10.00 Å². The molecule has 0 N–H and O–H groups in total. The van der Waals surface area contributed by atoms with Gasteiger partial charge in [-0.25, -0.2) is 4.98 Å². The average molecular weight is 264 g/mol. The first-order valence-corrected chi connectivity index (χ1v) is 5.20. The van der Waals surface area contributed by atoms with Crippen LogP contribution in [-0.4, -0.2) is 4.98 Å². The van der Waals surface area contributed by atoms with E-state index in [1.807, 2.05) is 6.07 Å². The zero-order valence-corrected chi connectivity index (χ0v) is 9.48. The van der Waals surface area contributed by atoms with Crippen LogP contribution in [0, 0.1) is 11.3 Å². The van der Waals surface area contributed by atoms with E-state index in [0.29, 0.717) is 5.56 Å². The second-order valence-electron chi connectivity index (χ2n) is 3.62. The highest BCUT2D eigenvalue weighted by Gasteiger charge is 2.30. The number of benzene rings is 1. The summed E-state index contributed by atoms with van der Waals surface area (Å²) in [4.78, 5) is 3.86. The molecule has 0 atom stereocenters. The van der Waals surface area contributed by atoms with Crippen LogP contribution in [0.25, 0.3) is 0 Å². The molecule has 0 bridgehead atoms. The van der Waals surface area contributed by atoms with Gasteiger partial charge in [-0.1, -0.05) is 0 Å². The van der Waals surface area contributed by atoms with Gasteiger partial charge in [-0.3, -0.25) is 0 Å². The van der Waals surface area contributed by atoms with E-state index in [2.05, 4.69) is 4.98 Å². The number of hydrogen-bond acceptors (Lipinski definition) is 3. The highest BCUT2D eigenvalue weighted by molar-refractivity contribution is 5.35. The van der Waals surface area contributed by atoms with Crippen LogP contribution in [0.5, 0.6) is 11.6 Å². The normalized spacial score (nSPS) is 10.8. The lowest BCUT2D eigenvalue weighted by molar-refractivity contribution is -0.137. The molecular formula is C13H7F3N2O. The maximum atomic E-state index is 12.4. The SMILES string of the molecule is N#Cc1ccnc(Oc2ccc(C(F)(F)F)cc2)c1. The summed E-state index contributed by atoms with van der Waals surface area (Å²) in [6, 6.07) is 9.05. The van der Waals surface area contributed by atoms with Crippen molar-refractivity contribution in [2.24, 2.45) is 0 Å². The molecule has 0 radical (unpaired) electrons. The number of aromatic nitrogens is 1. The minimum absolute atomic E-state index is 0.152. The summed E-state index contributed by atoms with van der Waals surface area (Å²) in [7, 11) is 0. The van der Waals surface area contributed by atoms with Gasteiger partial charge in [0.2, 0.25) is 5.88 Å². The maximum absolute atomic E-state index is 12.4. The number of nitriles is 1. The molecule has 1 heterocycles. The lowest BCUT2D eigenvalue weighted by Crippen LogP contribution is -2.04. The van der Waals surface area contributed by atoms with Crippen LogP contribution in [0.4, 0.5) is 13.2 Å². The zero-order chi connectivity index (χ0) is 13.9. The summed E-state index contributed by atoms with van der Waals surface area (Å²) in [6.07, 6.45) is -2.99. The molecule has 2 aromatic rings. The number of rotatable bonds is 2. The minimum atomic E-state index is -4.38. The third-order valence-corrected chi connectivity index (χ3v) is 2.27. The second-order valence-corrected chi connectivity index (χ2v) is 3.62. The lowest BCUT2D eigenvalue weighted by Gasteiger charge is -2.08. The van der Waals surface area contributed by atoms with Crippen molar-refractivity contribution in [2.75, 3.05) is 0 Å². The minimum Gasteiger partial charge on any atom is -0.439 e. The monoisotopic (exact) mass is 264 g/mol. The Hall–Kier alpha value is -2.55. The van der Waals surface area contributed by atoms with E-state index in [-0.39, 0.29) is 11.6 Å². The third-order valence-electron chi connectivity index (χ3n) is 2.27. The zero-order valence-electron chi connectivity index (χ0n) is 9.48. The van der Waals surface area contributed by atoms with Gasteiger partial charge in [0, 0.05) is 12.3 Å². The molecule has 0 aliphatic heterocycles. The smallest absolute Gasteiger partial charge is 0.416 e. The molecule has 96 valence electrons.